The van der Waals surface area contributed by atoms with E-state index in [4.69, 9.17) is 4.74 Å². The molecule has 1 aromatic heterocycles. The van der Waals surface area contributed by atoms with Crippen molar-refractivity contribution in [2.24, 2.45) is 0 Å². The van der Waals surface area contributed by atoms with Gasteiger partial charge in [0.05, 0.1) is 5.54 Å². The second-order valence-corrected chi connectivity index (χ2v) is 11.6. The molecule has 1 saturated carbocycles. The van der Waals surface area contributed by atoms with E-state index in [2.05, 4.69) is 28.5 Å². The lowest BCUT2D eigenvalue weighted by Crippen LogP contribution is -2.37. The van der Waals surface area contributed by atoms with Crippen LogP contribution in [0.15, 0.2) is 85.1 Å². The number of benzene rings is 2. The fraction of sp³-hybridized carbons (Fsp3) is 0.351. The molecule has 1 saturated heterocycles. The summed E-state index contributed by atoms with van der Waals surface area (Å²) in [4.78, 5) is 18.9. The highest BCUT2D eigenvalue weighted by Crippen LogP contribution is 2.36. The van der Waals surface area contributed by atoms with Crippen molar-refractivity contribution in [3.63, 3.8) is 0 Å². The number of carbonyl (C=O) groups is 1. The number of nitrogens with zero attached hydrogens (tertiary/aromatic N) is 2. The molecule has 5 nitrogen and oxygen atoms in total. The number of ether oxygens (including phenoxy) is 1. The monoisotopic (exact) mass is 579 g/mol. The summed E-state index contributed by atoms with van der Waals surface area (Å²) in [5.74, 6) is 0.472. The summed E-state index contributed by atoms with van der Waals surface area (Å²) in [6.45, 7) is 6.75. The first kappa shape index (κ1) is 30.4. The third-order valence-corrected chi connectivity index (χ3v) is 8.22. The number of halogens is 1. The van der Waals surface area contributed by atoms with Crippen LogP contribution in [0.5, 0.6) is 5.88 Å². The summed E-state index contributed by atoms with van der Waals surface area (Å²) in [6, 6.07) is 20.0. The number of hydrogen-bond donors (Lipinski definition) is 1. The highest BCUT2D eigenvalue weighted by Gasteiger charge is 2.42. The summed E-state index contributed by atoms with van der Waals surface area (Å²) >= 11 is 0. The smallest absolute Gasteiger partial charge is 0.246 e. The van der Waals surface area contributed by atoms with Gasteiger partial charge in [-0.2, -0.15) is 0 Å². The molecule has 1 N–H and O–H groups in total. The zero-order valence-electron chi connectivity index (χ0n) is 25.3. The fourth-order valence-corrected chi connectivity index (χ4v) is 5.40. The minimum Gasteiger partial charge on any atom is -0.476 e. The van der Waals surface area contributed by atoms with Gasteiger partial charge in [0.15, 0.2) is 0 Å². The molecule has 1 aliphatic carbocycles. The molecule has 0 spiro atoms. The van der Waals surface area contributed by atoms with Gasteiger partial charge in [0.1, 0.15) is 12.4 Å². The Kier molecular flexibility index (Phi) is 10.2. The Morgan fingerprint density at radius 3 is 2.51 bits per heavy atom. The van der Waals surface area contributed by atoms with Gasteiger partial charge in [-0.3, -0.25) is 4.79 Å². The number of aryl methyl sites for hydroxylation is 1. The SMILES string of the molecule is CC/C=C(\F)c1cc(/C(=C/c2ccccc2)c2ccc(OCC3(NC/C=C/C(=O)N4CCCCC4)CC3)nc2)ccc1C. The number of rotatable bonds is 12. The maximum atomic E-state index is 14.9. The van der Waals surface area contributed by atoms with Crippen LogP contribution in [-0.2, 0) is 4.79 Å². The molecule has 43 heavy (non-hydrogen) atoms. The van der Waals surface area contributed by atoms with Gasteiger partial charge in [-0.25, -0.2) is 9.37 Å². The van der Waals surface area contributed by atoms with E-state index in [9.17, 15) is 9.18 Å². The van der Waals surface area contributed by atoms with Crippen LogP contribution in [0, 0.1) is 6.92 Å². The number of aromatic nitrogens is 1. The molecule has 1 aliphatic heterocycles. The Morgan fingerprint density at radius 1 is 1.05 bits per heavy atom. The Balaban J connectivity index is 1.25. The van der Waals surface area contributed by atoms with Gasteiger partial charge in [-0.1, -0.05) is 55.5 Å². The molecule has 2 heterocycles. The minimum atomic E-state index is -0.200. The van der Waals surface area contributed by atoms with E-state index in [-0.39, 0.29) is 17.3 Å². The van der Waals surface area contributed by atoms with Crippen LogP contribution in [0.2, 0.25) is 0 Å². The standard InChI is InChI=1S/C37H42FN3O2/c1-3-11-34(38)32-25-30(16-15-28(32)2)33(24-29-12-6-4-7-13-29)31-17-18-35(39-26-31)43-27-37(19-20-37)40-21-10-14-36(42)41-22-8-5-9-23-41/h4,6-7,10-18,24-26,40H,3,5,8-9,19-23,27H2,1-2H3/b14-10+,33-24-,34-11-. The van der Waals surface area contributed by atoms with E-state index in [1.807, 2.05) is 79.6 Å². The number of amides is 1. The minimum absolute atomic E-state index is 0.0778. The van der Waals surface area contributed by atoms with Crippen molar-refractivity contribution in [1.82, 2.24) is 15.2 Å². The predicted molar refractivity (Wildman–Crippen MR) is 173 cm³/mol. The largest absolute Gasteiger partial charge is 0.476 e. The van der Waals surface area contributed by atoms with Gasteiger partial charge < -0.3 is 15.0 Å². The van der Waals surface area contributed by atoms with Crippen molar-refractivity contribution in [2.45, 2.75) is 57.9 Å². The van der Waals surface area contributed by atoms with Crippen LogP contribution in [0.1, 0.15) is 73.3 Å². The number of likely N-dealkylation sites (tertiary alicyclic amines) is 1. The third kappa shape index (κ3) is 8.29. The van der Waals surface area contributed by atoms with Crippen LogP contribution >= 0.6 is 0 Å². The van der Waals surface area contributed by atoms with E-state index in [1.165, 1.54) is 6.42 Å². The van der Waals surface area contributed by atoms with Crippen LogP contribution < -0.4 is 10.1 Å². The molecule has 5 rings (SSSR count). The van der Waals surface area contributed by atoms with Crippen molar-refractivity contribution in [2.75, 3.05) is 26.2 Å². The summed E-state index contributed by atoms with van der Waals surface area (Å²) in [5.41, 5.74) is 5.30. The van der Waals surface area contributed by atoms with Crippen LogP contribution in [0.4, 0.5) is 4.39 Å². The van der Waals surface area contributed by atoms with Gasteiger partial charge in [-0.05, 0) is 92.0 Å². The van der Waals surface area contributed by atoms with Crippen molar-refractivity contribution >= 4 is 23.4 Å². The molecular formula is C37H42FN3O2. The lowest BCUT2D eigenvalue weighted by molar-refractivity contribution is -0.126. The summed E-state index contributed by atoms with van der Waals surface area (Å²) in [5, 5.41) is 3.55. The van der Waals surface area contributed by atoms with Gasteiger partial charge in [-0.15, -0.1) is 0 Å². The van der Waals surface area contributed by atoms with E-state index in [0.717, 1.165) is 66.6 Å². The molecule has 0 unspecified atom stereocenters. The molecule has 2 fully saturated rings. The lowest BCUT2D eigenvalue weighted by atomic mass is 9.93. The van der Waals surface area contributed by atoms with Crippen molar-refractivity contribution in [3.8, 4) is 5.88 Å². The number of hydrogen-bond acceptors (Lipinski definition) is 4. The van der Waals surface area contributed by atoms with E-state index in [0.29, 0.717) is 31.0 Å². The zero-order chi connectivity index (χ0) is 30.1. The molecule has 0 radical (unpaired) electrons. The Morgan fingerprint density at radius 2 is 1.81 bits per heavy atom. The first-order valence-corrected chi connectivity index (χ1v) is 15.5. The van der Waals surface area contributed by atoms with Crippen LogP contribution in [0.25, 0.3) is 17.5 Å². The summed E-state index contributed by atoms with van der Waals surface area (Å²) in [6.07, 6.45) is 15.3. The van der Waals surface area contributed by atoms with Gasteiger partial charge >= 0.3 is 0 Å². The Labute approximate surface area is 255 Å². The highest BCUT2D eigenvalue weighted by atomic mass is 19.1. The highest BCUT2D eigenvalue weighted by molar-refractivity contribution is 5.92. The second-order valence-electron chi connectivity index (χ2n) is 11.6. The molecule has 2 aliphatic rings. The Hall–Kier alpha value is -4.03. The number of allylic oxidation sites excluding steroid dienone is 1. The lowest BCUT2D eigenvalue weighted by Gasteiger charge is -2.25. The average molecular weight is 580 g/mol. The van der Waals surface area contributed by atoms with Crippen LogP contribution in [0.3, 0.4) is 0 Å². The number of nitrogens with one attached hydrogen (secondary N) is 1. The number of pyridine rings is 1. The fourth-order valence-electron chi connectivity index (χ4n) is 5.40. The second kappa shape index (κ2) is 14.4. The predicted octanol–water partition coefficient (Wildman–Crippen LogP) is 7.77. The molecule has 1 amide bonds. The van der Waals surface area contributed by atoms with Gasteiger partial charge in [0.2, 0.25) is 11.8 Å². The molecule has 6 heteroatoms. The average Bonchev–Trinajstić information content (AvgIpc) is 3.82. The molecule has 0 bridgehead atoms. The van der Waals surface area contributed by atoms with Crippen LogP contribution in [-0.4, -0.2) is 47.6 Å². The number of piperidine rings is 1. The summed E-state index contributed by atoms with van der Waals surface area (Å²) < 4.78 is 21.0. The van der Waals surface area contributed by atoms with E-state index in [1.54, 1.807) is 12.2 Å². The van der Waals surface area contributed by atoms with Crippen molar-refractivity contribution in [3.05, 3.63) is 113 Å². The molecular weight excluding hydrogens is 537 g/mol. The Bertz CT molecular complexity index is 1470. The maximum absolute atomic E-state index is 14.9. The maximum Gasteiger partial charge on any atom is 0.246 e. The molecule has 224 valence electrons. The topological polar surface area (TPSA) is 54.5 Å². The normalized spacial score (nSPS) is 16.9. The van der Waals surface area contributed by atoms with Gasteiger partial charge in [0, 0.05) is 49.1 Å². The third-order valence-electron chi connectivity index (χ3n) is 8.22. The zero-order valence-corrected chi connectivity index (χ0v) is 25.3. The first-order chi connectivity index (χ1) is 21.0. The van der Waals surface area contributed by atoms with E-state index >= 15 is 0 Å². The molecule has 3 aromatic rings. The number of carbonyl (C=O) groups excluding carboxylic acids is 1. The summed E-state index contributed by atoms with van der Waals surface area (Å²) in [7, 11) is 0. The first-order valence-electron chi connectivity index (χ1n) is 15.5. The molecule has 0 atom stereocenters. The molecule has 2 aromatic carbocycles. The van der Waals surface area contributed by atoms with Gasteiger partial charge in [0.25, 0.3) is 0 Å². The van der Waals surface area contributed by atoms with Crippen molar-refractivity contribution < 1.29 is 13.9 Å². The van der Waals surface area contributed by atoms with E-state index < -0.39 is 0 Å². The quantitative estimate of drug-likeness (QED) is 0.176. The van der Waals surface area contributed by atoms with Crippen molar-refractivity contribution in [1.29, 1.82) is 0 Å².